The standard InChI is InChI=1S/C19H18ClN3O/c1-23-19(24)18(20)17(13-21-23)22-16(15-10-6-3-7-11-15)12-14-8-4-2-5-9-14/h2-11,13,16,22H,12H2,1H3/t16-/m0/s1. The molecule has 0 aliphatic rings. The van der Waals surface area contributed by atoms with Gasteiger partial charge >= 0.3 is 0 Å². The molecule has 0 saturated carbocycles. The fourth-order valence-corrected chi connectivity index (χ4v) is 2.81. The quantitative estimate of drug-likeness (QED) is 0.768. The number of nitrogens with zero attached hydrogens (tertiary/aromatic N) is 2. The van der Waals surface area contributed by atoms with Crippen molar-refractivity contribution in [3.8, 4) is 0 Å². The van der Waals surface area contributed by atoms with Crippen LogP contribution >= 0.6 is 11.6 Å². The Morgan fingerprint density at radius 2 is 1.71 bits per heavy atom. The molecule has 0 unspecified atom stereocenters. The normalized spacial score (nSPS) is 11.9. The lowest BCUT2D eigenvalue weighted by molar-refractivity contribution is 0.703. The zero-order valence-electron chi connectivity index (χ0n) is 13.3. The molecule has 0 bridgehead atoms. The summed E-state index contributed by atoms with van der Waals surface area (Å²) in [5.41, 5.74) is 2.56. The lowest BCUT2D eigenvalue weighted by Gasteiger charge is -2.21. The molecule has 2 aromatic carbocycles. The summed E-state index contributed by atoms with van der Waals surface area (Å²) in [7, 11) is 1.58. The molecular formula is C19H18ClN3O. The Morgan fingerprint density at radius 1 is 1.08 bits per heavy atom. The van der Waals surface area contributed by atoms with Crippen LogP contribution in [0.5, 0.6) is 0 Å². The van der Waals surface area contributed by atoms with Crippen molar-refractivity contribution >= 4 is 17.3 Å². The largest absolute Gasteiger partial charge is 0.375 e. The zero-order valence-corrected chi connectivity index (χ0v) is 14.1. The molecule has 3 rings (SSSR count). The average molecular weight is 340 g/mol. The van der Waals surface area contributed by atoms with E-state index in [0.717, 1.165) is 12.0 Å². The van der Waals surface area contributed by atoms with E-state index < -0.39 is 0 Å². The number of nitrogens with one attached hydrogen (secondary N) is 1. The second-order valence-electron chi connectivity index (χ2n) is 5.60. The summed E-state index contributed by atoms with van der Waals surface area (Å²) in [5.74, 6) is 0. The Labute approximate surface area is 145 Å². The predicted molar refractivity (Wildman–Crippen MR) is 97.4 cm³/mol. The van der Waals surface area contributed by atoms with E-state index in [1.165, 1.54) is 10.2 Å². The van der Waals surface area contributed by atoms with Gasteiger partial charge in [0.1, 0.15) is 5.02 Å². The molecule has 1 heterocycles. The van der Waals surface area contributed by atoms with Gasteiger partial charge in [-0.1, -0.05) is 72.3 Å². The molecule has 0 aliphatic carbocycles. The minimum atomic E-state index is -0.312. The van der Waals surface area contributed by atoms with Gasteiger partial charge in [0, 0.05) is 7.05 Å². The first-order chi connectivity index (χ1) is 11.6. The molecule has 5 heteroatoms. The first-order valence-corrected chi connectivity index (χ1v) is 8.10. The predicted octanol–water partition coefficient (Wildman–Crippen LogP) is 3.83. The van der Waals surface area contributed by atoms with Crippen molar-refractivity contribution in [2.75, 3.05) is 5.32 Å². The van der Waals surface area contributed by atoms with Gasteiger partial charge in [0.25, 0.3) is 5.56 Å². The highest BCUT2D eigenvalue weighted by Crippen LogP contribution is 2.26. The summed E-state index contributed by atoms with van der Waals surface area (Å²) in [6, 6.07) is 20.3. The molecule has 1 N–H and O–H groups in total. The Kier molecular flexibility index (Phi) is 4.96. The molecule has 0 aliphatic heterocycles. The van der Waals surface area contributed by atoms with Gasteiger partial charge in [-0.25, -0.2) is 4.68 Å². The van der Waals surface area contributed by atoms with Crippen molar-refractivity contribution in [1.29, 1.82) is 0 Å². The SMILES string of the molecule is Cn1ncc(N[C@@H](Cc2ccccc2)c2ccccc2)c(Cl)c1=O. The van der Waals surface area contributed by atoms with Crippen LogP contribution in [0.15, 0.2) is 71.7 Å². The number of hydrogen-bond acceptors (Lipinski definition) is 3. The number of benzene rings is 2. The van der Waals surface area contributed by atoms with Crippen molar-refractivity contribution in [3.63, 3.8) is 0 Å². The van der Waals surface area contributed by atoms with Gasteiger partial charge < -0.3 is 5.32 Å². The molecule has 0 spiro atoms. The van der Waals surface area contributed by atoms with Crippen molar-refractivity contribution in [2.45, 2.75) is 12.5 Å². The van der Waals surface area contributed by atoms with Crippen LogP contribution < -0.4 is 10.9 Å². The summed E-state index contributed by atoms with van der Waals surface area (Å²) in [6.07, 6.45) is 2.36. The number of rotatable bonds is 5. The second-order valence-corrected chi connectivity index (χ2v) is 5.98. The smallest absolute Gasteiger partial charge is 0.287 e. The van der Waals surface area contributed by atoms with Crippen LogP contribution in [0.25, 0.3) is 0 Å². The summed E-state index contributed by atoms with van der Waals surface area (Å²) < 4.78 is 1.22. The zero-order chi connectivity index (χ0) is 16.9. The van der Waals surface area contributed by atoms with Gasteiger partial charge in [0.05, 0.1) is 17.9 Å². The topological polar surface area (TPSA) is 46.9 Å². The number of aryl methyl sites for hydroxylation is 1. The minimum Gasteiger partial charge on any atom is -0.375 e. The molecule has 0 fully saturated rings. The van der Waals surface area contributed by atoms with Gasteiger partial charge in [-0.2, -0.15) is 5.10 Å². The van der Waals surface area contributed by atoms with Gasteiger partial charge in [-0.15, -0.1) is 0 Å². The number of aromatic nitrogens is 2. The molecule has 0 saturated heterocycles. The monoisotopic (exact) mass is 339 g/mol. The summed E-state index contributed by atoms with van der Waals surface area (Å²) in [5, 5.41) is 7.58. The third-order valence-electron chi connectivity index (χ3n) is 3.89. The van der Waals surface area contributed by atoms with E-state index in [1.54, 1.807) is 13.2 Å². The minimum absolute atomic E-state index is 0.0139. The van der Waals surface area contributed by atoms with Gasteiger partial charge in [-0.3, -0.25) is 4.79 Å². The van der Waals surface area contributed by atoms with Crippen LogP contribution in [-0.2, 0) is 13.5 Å². The van der Waals surface area contributed by atoms with Gasteiger partial charge in [-0.05, 0) is 17.5 Å². The van der Waals surface area contributed by atoms with E-state index in [2.05, 4.69) is 34.7 Å². The number of hydrogen-bond donors (Lipinski definition) is 1. The lowest BCUT2D eigenvalue weighted by Crippen LogP contribution is -2.22. The van der Waals surface area contributed by atoms with E-state index in [4.69, 9.17) is 11.6 Å². The molecule has 0 radical (unpaired) electrons. The van der Waals surface area contributed by atoms with Crippen LogP contribution in [0.3, 0.4) is 0 Å². The fourth-order valence-electron chi connectivity index (χ4n) is 2.59. The number of halogens is 1. The maximum Gasteiger partial charge on any atom is 0.287 e. The highest BCUT2D eigenvalue weighted by molar-refractivity contribution is 6.32. The van der Waals surface area contributed by atoms with Crippen LogP contribution in [0.1, 0.15) is 17.2 Å². The Balaban J connectivity index is 1.93. The third-order valence-corrected chi connectivity index (χ3v) is 4.26. The van der Waals surface area contributed by atoms with Crippen molar-refractivity contribution < 1.29 is 0 Å². The van der Waals surface area contributed by atoms with Crippen LogP contribution in [0.4, 0.5) is 5.69 Å². The summed E-state index contributed by atoms with van der Waals surface area (Å²) in [4.78, 5) is 12.0. The molecule has 1 atom stereocenters. The highest BCUT2D eigenvalue weighted by Gasteiger charge is 2.15. The van der Waals surface area contributed by atoms with E-state index in [9.17, 15) is 4.79 Å². The molecular weight excluding hydrogens is 322 g/mol. The van der Waals surface area contributed by atoms with Gasteiger partial charge in [0.2, 0.25) is 0 Å². The first kappa shape index (κ1) is 16.3. The van der Waals surface area contributed by atoms with E-state index >= 15 is 0 Å². The Morgan fingerprint density at radius 3 is 2.38 bits per heavy atom. The van der Waals surface area contributed by atoms with Crippen molar-refractivity contribution in [1.82, 2.24) is 9.78 Å². The molecule has 0 amide bonds. The maximum absolute atomic E-state index is 12.0. The van der Waals surface area contributed by atoms with E-state index in [0.29, 0.717) is 5.69 Å². The summed E-state index contributed by atoms with van der Waals surface area (Å²) in [6.45, 7) is 0. The van der Waals surface area contributed by atoms with Gasteiger partial charge in [0.15, 0.2) is 0 Å². The van der Waals surface area contributed by atoms with Crippen LogP contribution in [-0.4, -0.2) is 9.78 Å². The summed E-state index contributed by atoms with van der Waals surface area (Å²) >= 11 is 6.20. The Hall–Kier alpha value is -2.59. The fraction of sp³-hybridized carbons (Fsp3) is 0.158. The third kappa shape index (κ3) is 3.66. The highest BCUT2D eigenvalue weighted by atomic mass is 35.5. The van der Waals surface area contributed by atoms with E-state index in [-0.39, 0.29) is 16.6 Å². The maximum atomic E-state index is 12.0. The first-order valence-electron chi connectivity index (χ1n) is 7.72. The van der Waals surface area contributed by atoms with E-state index in [1.807, 2.05) is 36.4 Å². The molecule has 24 heavy (non-hydrogen) atoms. The lowest BCUT2D eigenvalue weighted by atomic mass is 9.98. The van der Waals surface area contributed by atoms with Crippen molar-refractivity contribution in [3.05, 3.63) is 93.4 Å². The molecule has 3 aromatic rings. The molecule has 1 aromatic heterocycles. The van der Waals surface area contributed by atoms with Crippen LogP contribution in [0, 0.1) is 0 Å². The Bertz CT molecular complexity index is 863. The molecule has 4 nitrogen and oxygen atoms in total. The van der Waals surface area contributed by atoms with Crippen molar-refractivity contribution in [2.24, 2.45) is 7.05 Å². The van der Waals surface area contributed by atoms with Crippen LogP contribution in [0.2, 0.25) is 5.02 Å². The average Bonchev–Trinajstić information content (AvgIpc) is 2.63. The number of anilines is 1. The second kappa shape index (κ2) is 7.32. The molecule has 122 valence electrons.